The summed E-state index contributed by atoms with van der Waals surface area (Å²) >= 11 is 0. The Morgan fingerprint density at radius 2 is 2.00 bits per heavy atom. The minimum atomic E-state index is -0.361. The summed E-state index contributed by atoms with van der Waals surface area (Å²) in [4.78, 5) is 21.4. The molecule has 0 saturated heterocycles. The standard InChI is InChI=1S/C9H9O2/c1-4-8(10)6-7(3)9(11)5-2/h4,6H,1-2H2,3H3. The van der Waals surface area contributed by atoms with E-state index >= 15 is 0 Å². The molecular formula is C9H9O2. The van der Waals surface area contributed by atoms with Gasteiger partial charge in [-0.05, 0) is 19.1 Å². The number of carbonyl (C=O) groups excluding carboxylic acids is 2. The molecular weight excluding hydrogens is 140 g/mol. The van der Waals surface area contributed by atoms with Gasteiger partial charge in [-0.3, -0.25) is 9.59 Å². The van der Waals surface area contributed by atoms with Crippen LogP contribution in [0.3, 0.4) is 0 Å². The SMILES string of the molecule is C=[C]C(=O)C(C)=CC(=O)C=C. The monoisotopic (exact) mass is 149 g/mol. The highest BCUT2D eigenvalue weighted by Gasteiger charge is 1.99. The Kier molecular flexibility index (Phi) is 3.81. The van der Waals surface area contributed by atoms with Gasteiger partial charge < -0.3 is 0 Å². The second-order valence-electron chi connectivity index (χ2n) is 1.94. The number of hydrogen-bond donors (Lipinski definition) is 0. The molecule has 0 aromatic rings. The summed E-state index contributed by atoms with van der Waals surface area (Å²) in [5.74, 6) is -0.647. The summed E-state index contributed by atoms with van der Waals surface area (Å²) in [6, 6.07) is 0. The lowest BCUT2D eigenvalue weighted by atomic mass is 10.1. The van der Waals surface area contributed by atoms with E-state index in [0.29, 0.717) is 5.57 Å². The maximum atomic E-state index is 10.7. The van der Waals surface area contributed by atoms with Crippen molar-refractivity contribution in [3.8, 4) is 0 Å². The number of rotatable bonds is 4. The van der Waals surface area contributed by atoms with Gasteiger partial charge >= 0.3 is 0 Å². The van der Waals surface area contributed by atoms with E-state index in [0.717, 1.165) is 6.08 Å². The normalized spacial score (nSPS) is 10.5. The van der Waals surface area contributed by atoms with E-state index in [4.69, 9.17) is 0 Å². The van der Waals surface area contributed by atoms with Crippen LogP contribution in [-0.4, -0.2) is 11.6 Å². The van der Waals surface area contributed by atoms with E-state index in [2.05, 4.69) is 19.2 Å². The fourth-order valence-electron chi connectivity index (χ4n) is 0.477. The average molecular weight is 149 g/mol. The van der Waals surface area contributed by atoms with Crippen molar-refractivity contribution in [2.75, 3.05) is 0 Å². The summed E-state index contributed by atoms with van der Waals surface area (Å²) in [5.41, 5.74) is 0.324. The predicted molar refractivity (Wildman–Crippen MR) is 42.8 cm³/mol. The maximum Gasteiger partial charge on any atom is 0.188 e. The van der Waals surface area contributed by atoms with Crippen molar-refractivity contribution in [2.45, 2.75) is 6.92 Å². The van der Waals surface area contributed by atoms with E-state index in [-0.39, 0.29) is 11.6 Å². The Morgan fingerprint density at radius 1 is 1.45 bits per heavy atom. The highest BCUT2D eigenvalue weighted by molar-refractivity contribution is 6.08. The molecule has 0 aromatic heterocycles. The number of carbonyl (C=O) groups is 2. The highest BCUT2D eigenvalue weighted by atomic mass is 16.1. The van der Waals surface area contributed by atoms with Crippen LogP contribution in [0, 0.1) is 6.08 Å². The smallest absolute Gasteiger partial charge is 0.188 e. The van der Waals surface area contributed by atoms with Crippen LogP contribution in [-0.2, 0) is 9.59 Å². The van der Waals surface area contributed by atoms with Gasteiger partial charge in [0.25, 0.3) is 0 Å². The third kappa shape index (κ3) is 3.30. The van der Waals surface area contributed by atoms with Gasteiger partial charge in [0.1, 0.15) is 0 Å². The topological polar surface area (TPSA) is 34.1 Å². The molecule has 0 aliphatic rings. The zero-order chi connectivity index (χ0) is 8.85. The highest BCUT2D eigenvalue weighted by Crippen LogP contribution is 1.95. The molecule has 0 amide bonds. The fourth-order valence-corrected chi connectivity index (χ4v) is 0.477. The van der Waals surface area contributed by atoms with Crippen LogP contribution >= 0.6 is 0 Å². The lowest BCUT2D eigenvalue weighted by molar-refractivity contribution is -0.113. The second kappa shape index (κ2) is 4.39. The molecule has 0 bridgehead atoms. The Morgan fingerprint density at radius 3 is 2.36 bits per heavy atom. The number of Topliss-reactive ketones (excluding diaryl/α,β-unsaturated/α-hetero) is 1. The van der Waals surface area contributed by atoms with Crippen molar-refractivity contribution >= 4 is 11.6 Å². The molecule has 11 heavy (non-hydrogen) atoms. The molecule has 0 N–H and O–H groups in total. The van der Waals surface area contributed by atoms with Gasteiger partial charge in [0.05, 0.1) is 0 Å². The molecule has 0 aliphatic carbocycles. The van der Waals surface area contributed by atoms with E-state index < -0.39 is 0 Å². The maximum absolute atomic E-state index is 10.7. The molecule has 1 radical (unpaired) electrons. The summed E-state index contributed by atoms with van der Waals surface area (Å²) < 4.78 is 0. The van der Waals surface area contributed by atoms with Gasteiger partial charge in [-0.15, -0.1) is 0 Å². The summed E-state index contributed by atoms with van der Waals surface area (Å²) in [5, 5.41) is 0. The van der Waals surface area contributed by atoms with Gasteiger partial charge in [-0.1, -0.05) is 13.2 Å². The van der Waals surface area contributed by atoms with Crippen molar-refractivity contribution in [3.63, 3.8) is 0 Å². The van der Waals surface area contributed by atoms with Crippen molar-refractivity contribution in [1.29, 1.82) is 0 Å². The van der Waals surface area contributed by atoms with Gasteiger partial charge in [-0.25, -0.2) is 0 Å². The van der Waals surface area contributed by atoms with Gasteiger partial charge in [0.2, 0.25) is 0 Å². The number of allylic oxidation sites excluding steroid dienone is 4. The van der Waals surface area contributed by atoms with Crippen LogP contribution < -0.4 is 0 Å². The number of ketones is 2. The Balaban J connectivity index is 4.45. The van der Waals surface area contributed by atoms with Crippen LogP contribution in [0.25, 0.3) is 0 Å². The third-order valence-electron chi connectivity index (χ3n) is 1.08. The molecule has 0 rings (SSSR count). The van der Waals surface area contributed by atoms with Crippen LogP contribution in [0.4, 0.5) is 0 Å². The van der Waals surface area contributed by atoms with E-state index in [1.807, 2.05) is 0 Å². The van der Waals surface area contributed by atoms with Gasteiger partial charge in [-0.2, -0.15) is 0 Å². The second-order valence-corrected chi connectivity index (χ2v) is 1.94. The molecule has 2 heteroatoms. The van der Waals surface area contributed by atoms with Crippen molar-refractivity contribution in [1.82, 2.24) is 0 Å². The summed E-state index contributed by atoms with van der Waals surface area (Å²) in [6.07, 6.45) is 4.49. The van der Waals surface area contributed by atoms with E-state index in [9.17, 15) is 9.59 Å². The lowest BCUT2D eigenvalue weighted by Crippen LogP contribution is -1.97. The van der Waals surface area contributed by atoms with Crippen LogP contribution in [0.15, 0.2) is 30.9 Å². The Hall–Kier alpha value is -1.44. The van der Waals surface area contributed by atoms with Crippen LogP contribution in [0.5, 0.6) is 0 Å². The zero-order valence-corrected chi connectivity index (χ0v) is 6.39. The minimum Gasteiger partial charge on any atom is -0.290 e. The largest absolute Gasteiger partial charge is 0.290 e. The molecule has 0 fully saturated rings. The molecule has 2 nitrogen and oxygen atoms in total. The van der Waals surface area contributed by atoms with Gasteiger partial charge in [0.15, 0.2) is 11.6 Å². The molecule has 57 valence electrons. The summed E-state index contributed by atoms with van der Waals surface area (Å²) in [7, 11) is 0. The molecule has 0 atom stereocenters. The van der Waals surface area contributed by atoms with Crippen molar-refractivity contribution in [2.24, 2.45) is 0 Å². The quantitative estimate of drug-likeness (QED) is 0.563. The van der Waals surface area contributed by atoms with Gasteiger partial charge in [0, 0.05) is 11.6 Å². The summed E-state index contributed by atoms with van der Waals surface area (Å²) in [6.45, 7) is 7.95. The lowest BCUT2D eigenvalue weighted by Gasteiger charge is -1.89. The first kappa shape index (κ1) is 9.56. The van der Waals surface area contributed by atoms with Crippen LogP contribution in [0.1, 0.15) is 6.92 Å². The van der Waals surface area contributed by atoms with Crippen molar-refractivity contribution in [3.05, 3.63) is 37.0 Å². The third-order valence-corrected chi connectivity index (χ3v) is 1.08. The Labute approximate surface area is 65.9 Å². The Bertz CT molecular complexity index is 234. The first-order chi connectivity index (χ1) is 5.11. The molecule has 0 saturated carbocycles. The first-order valence-corrected chi connectivity index (χ1v) is 3.04. The van der Waals surface area contributed by atoms with Crippen LogP contribution in [0.2, 0.25) is 0 Å². The van der Waals surface area contributed by atoms with Crippen molar-refractivity contribution < 1.29 is 9.59 Å². The molecule has 0 spiro atoms. The van der Waals surface area contributed by atoms with E-state index in [1.54, 1.807) is 0 Å². The molecule has 0 aromatic carbocycles. The molecule has 0 heterocycles. The molecule has 0 unspecified atom stereocenters. The predicted octanol–water partition coefficient (Wildman–Crippen LogP) is 1.25. The zero-order valence-electron chi connectivity index (χ0n) is 6.39. The fraction of sp³-hybridized carbons (Fsp3) is 0.111. The number of hydrogen-bond acceptors (Lipinski definition) is 2. The average Bonchev–Trinajstić information content (AvgIpc) is 2.02. The van der Waals surface area contributed by atoms with E-state index in [1.165, 1.54) is 13.0 Å². The molecule has 0 aliphatic heterocycles. The minimum absolute atomic E-state index is 0.286. The first-order valence-electron chi connectivity index (χ1n) is 3.04.